The minimum absolute atomic E-state index is 0.0372. The first-order valence-corrected chi connectivity index (χ1v) is 9.51. The van der Waals surface area contributed by atoms with Crippen molar-refractivity contribution in [2.45, 2.75) is 12.6 Å². The van der Waals surface area contributed by atoms with Gasteiger partial charge in [-0.05, 0) is 18.2 Å². The fraction of sp³-hybridized carbons (Fsp3) is 0.381. The van der Waals surface area contributed by atoms with Crippen LogP contribution in [0.15, 0.2) is 48.9 Å². The molecule has 7 heteroatoms. The van der Waals surface area contributed by atoms with Gasteiger partial charge < -0.3 is 9.64 Å². The normalized spacial score (nSPS) is 17.6. The zero-order chi connectivity index (χ0) is 19.5. The zero-order valence-electron chi connectivity index (χ0n) is 16.6. The molecule has 28 heavy (non-hydrogen) atoms. The number of hydrogen-bond donors (Lipinski definition) is 0. The lowest BCUT2D eigenvalue weighted by atomic mass is 10.1. The Kier molecular flexibility index (Phi) is 5.36. The number of anilines is 1. The Morgan fingerprint density at radius 3 is 2.89 bits per heavy atom. The molecule has 0 N–H and O–H groups in total. The van der Waals surface area contributed by atoms with Crippen LogP contribution in [0.1, 0.15) is 17.4 Å². The zero-order valence-corrected chi connectivity index (χ0v) is 16.6. The van der Waals surface area contributed by atoms with E-state index in [1.807, 2.05) is 64.0 Å². The molecule has 4 rings (SSSR count). The standard InChI is InChI=1S/C21H26N6O/c1-25(2)21-16(6-5-9-22-21)14-27-10-11-28-20(15-27)19-8-4-7-18(24-19)17-12-23-26(3)13-17/h4-9,12-13,20H,10-11,14-15H2,1-3H3/t20-/m0/s1. The first kappa shape index (κ1) is 18.6. The summed E-state index contributed by atoms with van der Waals surface area (Å²) < 4.78 is 7.85. The molecule has 7 nitrogen and oxygen atoms in total. The lowest BCUT2D eigenvalue weighted by molar-refractivity contribution is -0.0349. The van der Waals surface area contributed by atoms with Crippen LogP contribution in [0, 0.1) is 0 Å². The van der Waals surface area contributed by atoms with E-state index in [-0.39, 0.29) is 6.10 Å². The number of ether oxygens (including phenoxy) is 1. The third-order valence-electron chi connectivity index (χ3n) is 4.94. The molecule has 146 valence electrons. The maximum atomic E-state index is 6.05. The molecule has 0 bridgehead atoms. The van der Waals surface area contributed by atoms with Crippen LogP contribution >= 0.6 is 0 Å². The van der Waals surface area contributed by atoms with Crippen molar-refractivity contribution in [3.05, 3.63) is 60.2 Å². The van der Waals surface area contributed by atoms with Crippen LogP contribution in [-0.4, -0.2) is 58.4 Å². The van der Waals surface area contributed by atoms with Crippen LogP contribution in [0.3, 0.4) is 0 Å². The average Bonchev–Trinajstić information content (AvgIpc) is 3.15. The van der Waals surface area contributed by atoms with Gasteiger partial charge in [0.1, 0.15) is 11.9 Å². The summed E-state index contributed by atoms with van der Waals surface area (Å²) in [6.45, 7) is 3.26. The molecule has 1 atom stereocenters. The van der Waals surface area contributed by atoms with Gasteiger partial charge in [-0.3, -0.25) is 9.58 Å². The van der Waals surface area contributed by atoms with E-state index < -0.39 is 0 Å². The average molecular weight is 378 g/mol. The predicted octanol–water partition coefficient (Wildman–Crippen LogP) is 2.52. The van der Waals surface area contributed by atoms with E-state index in [4.69, 9.17) is 9.72 Å². The van der Waals surface area contributed by atoms with Crippen LogP contribution in [-0.2, 0) is 18.3 Å². The third-order valence-corrected chi connectivity index (χ3v) is 4.94. The molecule has 0 unspecified atom stereocenters. The van der Waals surface area contributed by atoms with Crippen molar-refractivity contribution in [3.8, 4) is 11.3 Å². The van der Waals surface area contributed by atoms with Crippen molar-refractivity contribution in [2.75, 3.05) is 38.7 Å². The SMILES string of the molecule is CN(C)c1ncccc1CN1CCO[C@H](c2cccc(-c3cnn(C)c3)n2)C1. The second-order valence-electron chi connectivity index (χ2n) is 7.33. The van der Waals surface area contributed by atoms with Crippen LogP contribution < -0.4 is 4.90 Å². The van der Waals surface area contributed by atoms with Gasteiger partial charge in [0.25, 0.3) is 0 Å². The maximum Gasteiger partial charge on any atom is 0.132 e. The summed E-state index contributed by atoms with van der Waals surface area (Å²) in [5.74, 6) is 1.02. The summed E-state index contributed by atoms with van der Waals surface area (Å²) in [4.78, 5) is 13.8. The van der Waals surface area contributed by atoms with Gasteiger partial charge in [-0.2, -0.15) is 5.10 Å². The van der Waals surface area contributed by atoms with E-state index in [0.29, 0.717) is 6.61 Å². The molecule has 0 aromatic carbocycles. The van der Waals surface area contributed by atoms with Crippen molar-refractivity contribution < 1.29 is 4.74 Å². The van der Waals surface area contributed by atoms with Crippen molar-refractivity contribution in [2.24, 2.45) is 7.05 Å². The second-order valence-corrected chi connectivity index (χ2v) is 7.33. The Bertz CT molecular complexity index is 938. The molecular formula is C21H26N6O. The molecule has 1 aliphatic rings. The number of pyridine rings is 2. The van der Waals surface area contributed by atoms with Gasteiger partial charge in [-0.15, -0.1) is 0 Å². The Hall–Kier alpha value is -2.77. The third kappa shape index (κ3) is 4.05. The highest BCUT2D eigenvalue weighted by Gasteiger charge is 2.24. The molecule has 3 aromatic heterocycles. The lowest BCUT2D eigenvalue weighted by Crippen LogP contribution is -2.38. The number of nitrogens with zero attached hydrogens (tertiary/aromatic N) is 6. The minimum Gasteiger partial charge on any atom is -0.369 e. The van der Waals surface area contributed by atoms with Crippen molar-refractivity contribution in [1.82, 2.24) is 24.6 Å². The van der Waals surface area contributed by atoms with E-state index in [1.54, 1.807) is 4.68 Å². The van der Waals surface area contributed by atoms with E-state index >= 15 is 0 Å². The van der Waals surface area contributed by atoms with E-state index in [2.05, 4.69) is 25.9 Å². The van der Waals surface area contributed by atoms with Gasteiger partial charge in [0.05, 0.1) is 24.2 Å². The molecule has 4 heterocycles. The Morgan fingerprint density at radius 1 is 1.21 bits per heavy atom. The van der Waals surface area contributed by atoms with Gasteiger partial charge in [0.2, 0.25) is 0 Å². The van der Waals surface area contributed by atoms with Crippen LogP contribution in [0.25, 0.3) is 11.3 Å². The van der Waals surface area contributed by atoms with Gasteiger partial charge in [-0.25, -0.2) is 9.97 Å². The monoisotopic (exact) mass is 378 g/mol. The van der Waals surface area contributed by atoms with E-state index in [1.165, 1.54) is 5.56 Å². The summed E-state index contributed by atoms with van der Waals surface area (Å²) in [7, 11) is 5.97. The molecule has 1 fully saturated rings. The number of morpholine rings is 1. The summed E-state index contributed by atoms with van der Waals surface area (Å²) in [5.41, 5.74) is 4.13. The van der Waals surface area contributed by atoms with Gasteiger partial charge in [-0.1, -0.05) is 12.1 Å². The predicted molar refractivity (Wildman–Crippen MR) is 109 cm³/mol. The number of aromatic nitrogens is 4. The number of rotatable bonds is 5. The second kappa shape index (κ2) is 8.08. The topological polar surface area (TPSA) is 59.3 Å². The largest absolute Gasteiger partial charge is 0.369 e. The maximum absolute atomic E-state index is 6.05. The lowest BCUT2D eigenvalue weighted by Gasteiger charge is -2.33. The molecule has 0 aliphatic carbocycles. The molecular weight excluding hydrogens is 352 g/mol. The van der Waals surface area contributed by atoms with Crippen molar-refractivity contribution in [1.29, 1.82) is 0 Å². The number of aryl methyl sites for hydroxylation is 1. The molecule has 1 saturated heterocycles. The molecule has 0 amide bonds. The Labute approximate surface area is 165 Å². The molecule has 0 saturated carbocycles. The van der Waals surface area contributed by atoms with Crippen molar-refractivity contribution >= 4 is 5.82 Å². The smallest absolute Gasteiger partial charge is 0.132 e. The van der Waals surface area contributed by atoms with Gasteiger partial charge in [0.15, 0.2) is 0 Å². The Morgan fingerprint density at radius 2 is 2.11 bits per heavy atom. The first-order chi connectivity index (χ1) is 13.6. The van der Waals surface area contributed by atoms with Crippen molar-refractivity contribution in [3.63, 3.8) is 0 Å². The van der Waals surface area contributed by atoms with Gasteiger partial charge in [0, 0.05) is 64.3 Å². The van der Waals surface area contributed by atoms with Gasteiger partial charge >= 0.3 is 0 Å². The van der Waals surface area contributed by atoms with E-state index in [9.17, 15) is 0 Å². The highest BCUT2D eigenvalue weighted by Crippen LogP contribution is 2.26. The fourth-order valence-corrected chi connectivity index (χ4v) is 3.57. The molecule has 1 aliphatic heterocycles. The van der Waals surface area contributed by atoms with Crippen LogP contribution in [0.4, 0.5) is 5.82 Å². The summed E-state index contributed by atoms with van der Waals surface area (Å²) >= 11 is 0. The highest BCUT2D eigenvalue weighted by atomic mass is 16.5. The minimum atomic E-state index is -0.0372. The van der Waals surface area contributed by atoms with E-state index in [0.717, 1.165) is 42.4 Å². The fourth-order valence-electron chi connectivity index (χ4n) is 3.57. The molecule has 0 radical (unpaired) electrons. The Balaban J connectivity index is 1.50. The van der Waals surface area contributed by atoms with Crippen LogP contribution in [0.2, 0.25) is 0 Å². The quantitative estimate of drug-likeness (QED) is 0.680. The summed E-state index contributed by atoms with van der Waals surface area (Å²) in [5, 5.41) is 4.24. The van der Waals surface area contributed by atoms with Crippen LogP contribution in [0.5, 0.6) is 0 Å². The number of hydrogen-bond acceptors (Lipinski definition) is 6. The summed E-state index contributed by atoms with van der Waals surface area (Å²) in [6, 6.07) is 10.2. The highest BCUT2D eigenvalue weighted by molar-refractivity contribution is 5.57. The molecule has 0 spiro atoms. The summed E-state index contributed by atoms with van der Waals surface area (Å²) in [6.07, 6.45) is 5.62. The molecule has 3 aromatic rings. The first-order valence-electron chi connectivity index (χ1n) is 9.51.